The quantitative estimate of drug-likeness (QED) is 0.154. The van der Waals surface area contributed by atoms with E-state index < -0.39 is 0 Å². The second-order valence-electron chi connectivity index (χ2n) is 15.4. The lowest BCUT2D eigenvalue weighted by molar-refractivity contribution is 1.11. The number of rotatable bonds is 8. The van der Waals surface area contributed by atoms with Gasteiger partial charge in [-0.05, 0) is 98.1 Å². The van der Waals surface area contributed by atoms with Crippen molar-refractivity contribution in [1.82, 2.24) is 14.5 Å². The third-order valence-electron chi connectivity index (χ3n) is 11.6. The van der Waals surface area contributed by atoms with Gasteiger partial charge in [0.25, 0.3) is 0 Å². The predicted molar refractivity (Wildman–Crippen MR) is 254 cm³/mol. The molecule has 0 unspecified atom stereocenters. The smallest absolute Gasteiger partial charge is 0.162 e. The van der Waals surface area contributed by atoms with Crippen molar-refractivity contribution >= 4 is 21.9 Å². The molecule has 0 radical (unpaired) electrons. The summed E-state index contributed by atoms with van der Waals surface area (Å²) in [5.74, 6) is 0.675. The first-order chi connectivity index (χ1) is 30.2. The number of hydrogen-bond donors (Lipinski definition) is 0. The summed E-state index contributed by atoms with van der Waals surface area (Å²) in [5.41, 5.74) is 17.6. The van der Waals surface area contributed by atoms with Gasteiger partial charge in [-0.2, -0.15) is 0 Å². The highest BCUT2D eigenvalue weighted by Crippen LogP contribution is 2.40. The minimum absolute atomic E-state index is 0.675. The van der Waals surface area contributed by atoms with Gasteiger partial charge in [-0.25, -0.2) is 9.97 Å². The highest BCUT2D eigenvalue weighted by Gasteiger charge is 2.21. The normalized spacial score (nSPS) is 11.3. The van der Waals surface area contributed by atoms with Gasteiger partial charge in [0.1, 0.15) is 5.65 Å². The van der Waals surface area contributed by atoms with Crippen LogP contribution in [-0.4, -0.2) is 14.5 Å². The van der Waals surface area contributed by atoms with Crippen molar-refractivity contribution in [3.05, 3.63) is 237 Å². The van der Waals surface area contributed by atoms with E-state index in [4.69, 9.17) is 9.97 Å². The minimum Gasteiger partial charge on any atom is -0.294 e. The summed E-state index contributed by atoms with van der Waals surface area (Å²) in [7, 11) is 0. The summed E-state index contributed by atoms with van der Waals surface area (Å²) in [6.07, 6.45) is 0. The number of hydrogen-bond acceptors (Lipinski definition) is 2. The highest BCUT2D eigenvalue weighted by atomic mass is 15.1. The average Bonchev–Trinajstić information content (AvgIpc) is 3.69. The van der Waals surface area contributed by atoms with Gasteiger partial charge in [0.2, 0.25) is 0 Å². The van der Waals surface area contributed by atoms with Crippen molar-refractivity contribution in [3.63, 3.8) is 0 Å². The Hall–Kier alpha value is -8.14. The largest absolute Gasteiger partial charge is 0.294 e. The molecule has 0 aliphatic carbocycles. The molecule has 3 nitrogen and oxygen atoms in total. The molecule has 2 heterocycles. The van der Waals surface area contributed by atoms with E-state index in [-0.39, 0.29) is 0 Å². The molecule has 0 saturated carbocycles. The summed E-state index contributed by atoms with van der Waals surface area (Å²) in [6.45, 7) is 0. The first-order valence-corrected chi connectivity index (χ1v) is 20.7. The molecular weight excluding hydrogens is 739 g/mol. The third kappa shape index (κ3) is 6.88. The molecular formula is C58H39N3. The Balaban J connectivity index is 1.05. The molecule has 11 aromatic rings. The van der Waals surface area contributed by atoms with Crippen LogP contribution < -0.4 is 0 Å². The molecule has 0 aliphatic heterocycles. The fourth-order valence-electron chi connectivity index (χ4n) is 8.59. The lowest BCUT2D eigenvalue weighted by atomic mass is 9.95. The van der Waals surface area contributed by atoms with Crippen LogP contribution in [0.4, 0.5) is 0 Å². The Morgan fingerprint density at radius 3 is 1.23 bits per heavy atom. The van der Waals surface area contributed by atoms with Crippen LogP contribution in [0.25, 0.3) is 106 Å². The van der Waals surface area contributed by atoms with Crippen LogP contribution in [0.1, 0.15) is 0 Å². The van der Waals surface area contributed by atoms with Crippen LogP contribution >= 0.6 is 0 Å². The maximum absolute atomic E-state index is 5.50. The van der Waals surface area contributed by atoms with Gasteiger partial charge in [0, 0.05) is 22.2 Å². The van der Waals surface area contributed by atoms with E-state index in [0.29, 0.717) is 5.82 Å². The molecule has 0 aliphatic rings. The van der Waals surface area contributed by atoms with Gasteiger partial charge in [-0.1, -0.05) is 194 Å². The molecule has 0 N–H and O–H groups in total. The lowest BCUT2D eigenvalue weighted by Crippen LogP contribution is -1.99. The molecule has 0 atom stereocenters. The Kier molecular flexibility index (Phi) is 9.18. The molecule has 286 valence electrons. The Bertz CT molecular complexity index is 3330. The first-order valence-electron chi connectivity index (χ1n) is 20.7. The van der Waals surface area contributed by atoms with Crippen LogP contribution in [0, 0.1) is 0 Å². The fraction of sp³-hybridized carbons (Fsp3) is 0. The summed E-state index contributed by atoms with van der Waals surface area (Å²) in [4.78, 5) is 11.0. The Labute approximate surface area is 355 Å². The van der Waals surface area contributed by atoms with Crippen molar-refractivity contribution < 1.29 is 0 Å². The van der Waals surface area contributed by atoms with E-state index in [1.165, 1.54) is 33.4 Å². The van der Waals surface area contributed by atoms with Gasteiger partial charge < -0.3 is 0 Å². The molecule has 2 aromatic heterocycles. The summed E-state index contributed by atoms with van der Waals surface area (Å²) >= 11 is 0. The summed E-state index contributed by atoms with van der Waals surface area (Å²) in [5, 5.41) is 2.14. The van der Waals surface area contributed by atoms with Crippen LogP contribution in [0.2, 0.25) is 0 Å². The third-order valence-corrected chi connectivity index (χ3v) is 11.6. The molecule has 3 heteroatoms. The Morgan fingerprint density at radius 1 is 0.279 bits per heavy atom. The van der Waals surface area contributed by atoms with Gasteiger partial charge in [0.05, 0.1) is 16.6 Å². The zero-order chi connectivity index (χ0) is 40.5. The molecule has 0 spiro atoms. The van der Waals surface area contributed by atoms with Gasteiger partial charge >= 0.3 is 0 Å². The Morgan fingerprint density at radius 2 is 0.656 bits per heavy atom. The molecule has 0 bridgehead atoms. The van der Waals surface area contributed by atoms with Gasteiger partial charge in [-0.15, -0.1) is 0 Å². The molecule has 9 aromatic carbocycles. The van der Waals surface area contributed by atoms with Crippen molar-refractivity contribution in [2.45, 2.75) is 0 Å². The molecule has 0 fully saturated rings. The van der Waals surface area contributed by atoms with Crippen LogP contribution in [0.5, 0.6) is 0 Å². The zero-order valence-corrected chi connectivity index (χ0v) is 33.4. The lowest BCUT2D eigenvalue weighted by Gasteiger charge is -2.12. The topological polar surface area (TPSA) is 30.7 Å². The van der Waals surface area contributed by atoms with Crippen molar-refractivity contribution in [2.75, 3.05) is 0 Å². The predicted octanol–water partition coefficient (Wildman–Crippen LogP) is 15.2. The summed E-state index contributed by atoms with van der Waals surface area (Å²) < 4.78 is 2.28. The van der Waals surface area contributed by atoms with E-state index in [0.717, 1.165) is 66.7 Å². The van der Waals surface area contributed by atoms with E-state index in [1.54, 1.807) is 0 Å². The van der Waals surface area contributed by atoms with Crippen LogP contribution in [0.3, 0.4) is 0 Å². The van der Waals surface area contributed by atoms with Crippen LogP contribution in [0.15, 0.2) is 237 Å². The van der Waals surface area contributed by atoms with E-state index >= 15 is 0 Å². The van der Waals surface area contributed by atoms with Crippen molar-refractivity contribution in [3.8, 4) is 84.0 Å². The number of fused-ring (bicyclic) bond motifs is 3. The maximum atomic E-state index is 5.50. The van der Waals surface area contributed by atoms with Gasteiger partial charge in [-0.3, -0.25) is 4.57 Å². The van der Waals surface area contributed by atoms with E-state index in [2.05, 4.69) is 241 Å². The minimum atomic E-state index is 0.675. The maximum Gasteiger partial charge on any atom is 0.162 e. The number of benzene rings is 9. The van der Waals surface area contributed by atoms with Gasteiger partial charge in [0.15, 0.2) is 5.82 Å². The van der Waals surface area contributed by atoms with E-state index in [9.17, 15) is 0 Å². The van der Waals surface area contributed by atoms with Crippen molar-refractivity contribution in [2.24, 2.45) is 0 Å². The van der Waals surface area contributed by atoms with E-state index in [1.807, 2.05) is 0 Å². The first kappa shape index (κ1) is 36.0. The number of para-hydroxylation sites is 2. The van der Waals surface area contributed by atoms with Crippen molar-refractivity contribution in [1.29, 1.82) is 0 Å². The second-order valence-corrected chi connectivity index (χ2v) is 15.4. The number of aromatic nitrogens is 3. The SMILES string of the molecule is c1ccc(-c2ccc(-c3cccc(-c4nc(-c5cccc(-c6cccc(-c7cccc(-c8ccccc8)c7)c6)c5)nc5c4c4ccccc4n5-c4ccccc4)c3)cc2)cc1. The molecule has 0 amide bonds. The highest BCUT2D eigenvalue weighted by molar-refractivity contribution is 6.14. The zero-order valence-electron chi connectivity index (χ0n) is 33.4. The second kappa shape index (κ2) is 15.6. The average molecular weight is 778 g/mol. The summed E-state index contributed by atoms with van der Waals surface area (Å²) in [6, 6.07) is 84.0. The molecule has 61 heavy (non-hydrogen) atoms. The number of nitrogens with zero attached hydrogens (tertiary/aromatic N) is 3. The van der Waals surface area contributed by atoms with Crippen LogP contribution in [-0.2, 0) is 0 Å². The molecule has 11 rings (SSSR count). The fourth-order valence-corrected chi connectivity index (χ4v) is 8.59. The molecule has 0 saturated heterocycles. The monoisotopic (exact) mass is 777 g/mol. The standard InChI is InChI=1S/C58H39N3/c1-4-16-40(17-5-1)42-32-34-43(35-33-42)45-21-14-26-50(38-45)56-55-53-30-10-11-31-54(53)61(52-28-8-3-9-29-52)58(55)60-57(59-56)51-27-15-25-49(39-51)48-24-13-23-47(37-48)46-22-12-20-44(36-46)41-18-6-2-7-19-41/h1-39H.